The largest absolute Gasteiger partial charge is 0.389 e. The number of aliphatic hydroxyl groups excluding tert-OH is 1. The molecule has 1 N–H and O–H groups in total. The molecule has 0 radical (unpaired) electrons. The van der Waals surface area contributed by atoms with E-state index in [1.807, 2.05) is 0 Å². The lowest BCUT2D eigenvalue weighted by Crippen LogP contribution is -1.93. The summed E-state index contributed by atoms with van der Waals surface area (Å²) in [5.74, 6) is 0. The Bertz CT molecular complexity index is 602. The average molecular weight is 276 g/mol. The van der Waals surface area contributed by atoms with Crippen LogP contribution < -0.4 is 0 Å². The van der Waals surface area contributed by atoms with Gasteiger partial charge in [-0.3, -0.25) is 10.1 Å². The van der Waals surface area contributed by atoms with E-state index < -0.39 is 11.0 Å². The fourth-order valence-corrected chi connectivity index (χ4v) is 2.48. The van der Waals surface area contributed by atoms with Crippen LogP contribution in [-0.4, -0.2) is 15.0 Å². The standard InChI is InChI=1S/C13H12N2O3S/c1-9(16)10-6-7-14-13(8-10)19-12-5-3-2-4-11(12)15(17)18/h2-9,16H,1H3. The van der Waals surface area contributed by atoms with E-state index in [9.17, 15) is 15.2 Å². The quantitative estimate of drug-likeness (QED) is 0.685. The first-order chi connectivity index (χ1) is 9.08. The van der Waals surface area contributed by atoms with E-state index in [1.54, 1.807) is 43.5 Å². The van der Waals surface area contributed by atoms with E-state index >= 15 is 0 Å². The van der Waals surface area contributed by atoms with Crippen molar-refractivity contribution in [1.82, 2.24) is 4.98 Å². The van der Waals surface area contributed by atoms with Crippen LogP contribution in [0.4, 0.5) is 5.69 Å². The van der Waals surface area contributed by atoms with Gasteiger partial charge in [-0.15, -0.1) is 0 Å². The summed E-state index contributed by atoms with van der Waals surface area (Å²) in [6.07, 6.45) is 0.993. The van der Waals surface area contributed by atoms with Crippen molar-refractivity contribution in [3.63, 3.8) is 0 Å². The monoisotopic (exact) mass is 276 g/mol. The molecule has 0 fully saturated rings. The van der Waals surface area contributed by atoms with E-state index in [0.29, 0.717) is 9.92 Å². The Morgan fingerprint density at radius 1 is 1.37 bits per heavy atom. The molecule has 2 rings (SSSR count). The highest BCUT2D eigenvalue weighted by atomic mass is 32.2. The fourth-order valence-electron chi connectivity index (χ4n) is 1.55. The molecule has 0 saturated heterocycles. The van der Waals surface area contributed by atoms with Gasteiger partial charge < -0.3 is 5.11 Å². The van der Waals surface area contributed by atoms with Gasteiger partial charge in [0.1, 0.15) is 5.03 Å². The van der Waals surface area contributed by atoms with Gasteiger partial charge in [-0.2, -0.15) is 0 Å². The smallest absolute Gasteiger partial charge is 0.283 e. The summed E-state index contributed by atoms with van der Waals surface area (Å²) in [4.78, 5) is 15.2. The Morgan fingerprint density at radius 3 is 2.79 bits per heavy atom. The third-order valence-electron chi connectivity index (χ3n) is 2.52. The lowest BCUT2D eigenvalue weighted by atomic mass is 10.2. The molecule has 0 spiro atoms. The van der Waals surface area contributed by atoms with Crippen LogP contribution in [0.3, 0.4) is 0 Å². The van der Waals surface area contributed by atoms with Crippen molar-refractivity contribution in [3.05, 3.63) is 58.3 Å². The molecule has 0 aliphatic rings. The number of rotatable bonds is 4. The molecule has 0 amide bonds. The molecule has 6 heteroatoms. The minimum absolute atomic E-state index is 0.0525. The van der Waals surface area contributed by atoms with Crippen molar-refractivity contribution in [1.29, 1.82) is 0 Å². The second-order valence-electron chi connectivity index (χ2n) is 3.93. The van der Waals surface area contributed by atoms with Gasteiger partial charge in [0.15, 0.2) is 0 Å². The van der Waals surface area contributed by atoms with Crippen molar-refractivity contribution in [3.8, 4) is 0 Å². The summed E-state index contributed by atoms with van der Waals surface area (Å²) in [7, 11) is 0. The predicted octanol–water partition coefficient (Wildman–Crippen LogP) is 3.19. The van der Waals surface area contributed by atoms with Gasteiger partial charge in [0.2, 0.25) is 0 Å². The zero-order chi connectivity index (χ0) is 13.8. The molecule has 5 nitrogen and oxygen atoms in total. The van der Waals surface area contributed by atoms with Crippen molar-refractivity contribution in [2.24, 2.45) is 0 Å². The molecule has 1 unspecified atom stereocenters. The maximum Gasteiger partial charge on any atom is 0.283 e. The van der Waals surface area contributed by atoms with E-state index in [1.165, 1.54) is 17.8 Å². The van der Waals surface area contributed by atoms with E-state index in [0.717, 1.165) is 5.56 Å². The van der Waals surface area contributed by atoms with Crippen LogP contribution >= 0.6 is 11.8 Å². The molecule has 1 aromatic carbocycles. The maximum atomic E-state index is 10.9. The van der Waals surface area contributed by atoms with Gasteiger partial charge in [0, 0.05) is 12.3 Å². The van der Waals surface area contributed by atoms with Crippen molar-refractivity contribution < 1.29 is 10.0 Å². The first-order valence-corrected chi connectivity index (χ1v) is 6.45. The number of hydrogen-bond acceptors (Lipinski definition) is 5. The second-order valence-corrected chi connectivity index (χ2v) is 4.99. The van der Waals surface area contributed by atoms with E-state index in [-0.39, 0.29) is 5.69 Å². The number of hydrogen-bond donors (Lipinski definition) is 1. The number of nitro groups is 1. The molecule has 98 valence electrons. The maximum absolute atomic E-state index is 10.9. The van der Waals surface area contributed by atoms with Crippen LogP contribution in [0.5, 0.6) is 0 Å². The predicted molar refractivity (Wildman–Crippen MR) is 72.1 cm³/mol. The van der Waals surface area contributed by atoms with Crippen LogP contribution in [0.25, 0.3) is 0 Å². The van der Waals surface area contributed by atoms with Crippen molar-refractivity contribution in [2.45, 2.75) is 22.9 Å². The number of nitro benzene ring substituents is 1. The fraction of sp³-hybridized carbons (Fsp3) is 0.154. The number of aromatic nitrogens is 1. The minimum atomic E-state index is -0.590. The lowest BCUT2D eigenvalue weighted by molar-refractivity contribution is -0.387. The number of para-hydroxylation sites is 1. The number of pyridine rings is 1. The Morgan fingerprint density at radius 2 is 2.11 bits per heavy atom. The van der Waals surface area contributed by atoms with Gasteiger partial charge in [0.05, 0.1) is 15.9 Å². The summed E-state index contributed by atoms with van der Waals surface area (Å²) in [5.41, 5.74) is 0.785. The zero-order valence-electron chi connectivity index (χ0n) is 10.2. The van der Waals surface area contributed by atoms with Gasteiger partial charge in [-0.1, -0.05) is 23.9 Å². The van der Waals surface area contributed by atoms with Crippen LogP contribution in [0.15, 0.2) is 52.5 Å². The van der Waals surface area contributed by atoms with Crippen molar-refractivity contribution >= 4 is 17.4 Å². The Kier molecular flexibility index (Phi) is 4.13. The molecular weight excluding hydrogens is 264 g/mol. The van der Waals surface area contributed by atoms with Gasteiger partial charge in [0.25, 0.3) is 5.69 Å². The molecule has 0 saturated carbocycles. The van der Waals surface area contributed by atoms with Crippen LogP contribution in [0.1, 0.15) is 18.6 Å². The Balaban J connectivity index is 2.31. The SMILES string of the molecule is CC(O)c1ccnc(Sc2ccccc2[N+](=O)[O-])c1. The van der Waals surface area contributed by atoms with E-state index in [2.05, 4.69) is 4.98 Å². The highest BCUT2D eigenvalue weighted by Crippen LogP contribution is 2.34. The zero-order valence-corrected chi connectivity index (χ0v) is 11.0. The minimum Gasteiger partial charge on any atom is -0.389 e. The summed E-state index contributed by atoms with van der Waals surface area (Å²) in [6, 6.07) is 9.95. The average Bonchev–Trinajstić information content (AvgIpc) is 2.39. The van der Waals surface area contributed by atoms with Crippen molar-refractivity contribution in [2.75, 3.05) is 0 Å². The molecule has 0 aliphatic carbocycles. The van der Waals surface area contributed by atoms with Gasteiger partial charge in [-0.05, 0) is 30.7 Å². The third-order valence-corrected chi connectivity index (χ3v) is 3.52. The number of benzene rings is 1. The Labute approximate surface area is 114 Å². The molecule has 0 bridgehead atoms. The third kappa shape index (κ3) is 3.30. The topological polar surface area (TPSA) is 76.3 Å². The van der Waals surface area contributed by atoms with Gasteiger partial charge in [-0.25, -0.2) is 4.98 Å². The Hall–Kier alpha value is -1.92. The molecule has 19 heavy (non-hydrogen) atoms. The number of nitrogens with zero attached hydrogens (tertiary/aromatic N) is 2. The normalized spacial score (nSPS) is 12.1. The van der Waals surface area contributed by atoms with Crippen LogP contribution in [-0.2, 0) is 0 Å². The molecule has 1 heterocycles. The summed E-state index contributed by atoms with van der Waals surface area (Å²) in [6.45, 7) is 1.66. The summed E-state index contributed by atoms with van der Waals surface area (Å²) in [5, 5.41) is 21.0. The van der Waals surface area contributed by atoms with Crippen LogP contribution in [0.2, 0.25) is 0 Å². The highest BCUT2D eigenvalue weighted by Gasteiger charge is 2.14. The van der Waals surface area contributed by atoms with Crippen LogP contribution in [0, 0.1) is 10.1 Å². The molecule has 0 aliphatic heterocycles. The molecule has 1 aromatic heterocycles. The van der Waals surface area contributed by atoms with Gasteiger partial charge >= 0.3 is 0 Å². The summed E-state index contributed by atoms with van der Waals surface area (Å²) < 4.78 is 0. The molecular formula is C13H12N2O3S. The number of aliphatic hydroxyl groups is 1. The molecule has 1 atom stereocenters. The lowest BCUT2D eigenvalue weighted by Gasteiger charge is -2.06. The second kappa shape index (κ2) is 5.81. The molecule has 2 aromatic rings. The highest BCUT2D eigenvalue weighted by molar-refractivity contribution is 7.99. The first-order valence-electron chi connectivity index (χ1n) is 5.63. The summed E-state index contributed by atoms with van der Waals surface area (Å²) >= 11 is 1.21. The van der Waals surface area contributed by atoms with E-state index in [4.69, 9.17) is 0 Å². The first kappa shape index (κ1) is 13.5.